The van der Waals surface area contributed by atoms with Crippen molar-refractivity contribution in [2.45, 2.75) is 37.2 Å². The number of rotatable bonds is 10. The number of likely N-dealkylation sites (tertiary alicyclic amines) is 2. The third-order valence-electron chi connectivity index (χ3n) is 10.4. The number of allylic oxidation sites excluding steroid dienone is 1. The zero-order chi connectivity index (χ0) is 40.3. The number of carbonyl (C=O) groups excluding carboxylic acids is 3. The summed E-state index contributed by atoms with van der Waals surface area (Å²) in [4.78, 5) is 47.3. The predicted molar refractivity (Wildman–Crippen MR) is 216 cm³/mol. The van der Waals surface area contributed by atoms with Gasteiger partial charge in [0.25, 0.3) is 11.8 Å². The first kappa shape index (κ1) is 39.8. The number of likely N-dealkylation sites (N-methyl/N-ethyl adjacent to an activating group) is 1. The molecule has 0 spiro atoms. The molecule has 56 heavy (non-hydrogen) atoms. The number of nitrogens with one attached hydrogen (secondary N) is 3. The van der Waals surface area contributed by atoms with E-state index in [-0.39, 0.29) is 35.0 Å². The second-order valence-corrected chi connectivity index (χ2v) is 14.3. The molecule has 2 saturated heterocycles. The summed E-state index contributed by atoms with van der Waals surface area (Å²) in [6, 6.07) is 10.7. The lowest BCUT2D eigenvalue weighted by atomic mass is 9.57. The molecule has 16 nitrogen and oxygen atoms in total. The zero-order valence-corrected chi connectivity index (χ0v) is 32.4. The number of nitrogens with two attached hydrogens (primary N) is 2. The number of nitrogens with zero attached hydrogens (tertiary/aromatic N) is 8. The van der Waals surface area contributed by atoms with Crippen molar-refractivity contribution < 1.29 is 14.4 Å². The molecule has 7 rings (SSSR count). The molecule has 18 heteroatoms. The number of para-hydroxylation sites is 1. The minimum absolute atomic E-state index is 0.00457. The van der Waals surface area contributed by atoms with Crippen molar-refractivity contribution in [2.75, 3.05) is 57.5 Å². The van der Waals surface area contributed by atoms with Crippen molar-refractivity contribution in [1.82, 2.24) is 45.0 Å². The average molecular weight is 756 g/mol. The number of hydrogen-bond acceptors (Lipinski definition) is 12. The molecule has 288 valence electrons. The summed E-state index contributed by atoms with van der Waals surface area (Å²) >= 11 is 0. The SMILES string of the molecule is CN1CCCC1.[B]C([B])(c1cccc(C=O)n1)N1CC(n2ncc3c2C(C)N(C)c2c(NC(/C=C(\N)NC(=O)c4cnn(C)c4)=C(/N)C(=O)NC)cccc2-3)C1. The highest BCUT2D eigenvalue weighted by atomic mass is 16.2. The molecule has 0 saturated carbocycles. The van der Waals surface area contributed by atoms with Crippen LogP contribution in [0.3, 0.4) is 0 Å². The Morgan fingerprint density at radius 2 is 1.70 bits per heavy atom. The molecule has 2 fully saturated rings. The van der Waals surface area contributed by atoms with Crippen LogP contribution in [0.15, 0.2) is 78.3 Å². The number of carbonyl (C=O) groups is 3. The highest BCUT2D eigenvalue weighted by Gasteiger charge is 2.42. The number of fused-ring (bicyclic) bond motifs is 3. The molecule has 2 amide bonds. The van der Waals surface area contributed by atoms with E-state index in [1.54, 1.807) is 31.4 Å². The first-order valence-electron chi connectivity index (χ1n) is 18.4. The predicted octanol–water partition coefficient (Wildman–Crippen LogP) is 1.28. The summed E-state index contributed by atoms with van der Waals surface area (Å²) in [5, 5.41) is 15.9. The topological polar surface area (TPSA) is 198 Å². The number of benzene rings is 1. The molecule has 0 bridgehead atoms. The Hall–Kier alpha value is -5.87. The number of aldehydes is 1. The van der Waals surface area contributed by atoms with E-state index in [9.17, 15) is 14.4 Å². The van der Waals surface area contributed by atoms with E-state index in [0.717, 1.165) is 22.5 Å². The van der Waals surface area contributed by atoms with Crippen LogP contribution in [0, 0.1) is 0 Å². The second-order valence-electron chi connectivity index (χ2n) is 14.3. The van der Waals surface area contributed by atoms with Gasteiger partial charge in [-0.1, -0.05) is 18.2 Å². The van der Waals surface area contributed by atoms with Gasteiger partial charge in [0.2, 0.25) is 0 Å². The van der Waals surface area contributed by atoms with Crippen molar-refractivity contribution in [3.63, 3.8) is 0 Å². The van der Waals surface area contributed by atoms with E-state index in [4.69, 9.17) is 32.3 Å². The van der Waals surface area contributed by atoms with Crippen molar-refractivity contribution >= 4 is 45.2 Å². The Morgan fingerprint density at radius 1 is 0.982 bits per heavy atom. The van der Waals surface area contributed by atoms with Gasteiger partial charge in [0.05, 0.1) is 68.5 Å². The van der Waals surface area contributed by atoms with Gasteiger partial charge in [0.15, 0.2) is 6.29 Å². The van der Waals surface area contributed by atoms with E-state index >= 15 is 0 Å². The van der Waals surface area contributed by atoms with Crippen LogP contribution >= 0.6 is 0 Å². The molecular formula is C38H47B2N13O3. The van der Waals surface area contributed by atoms with Crippen LogP contribution in [-0.4, -0.2) is 115 Å². The van der Waals surface area contributed by atoms with E-state index < -0.39 is 17.2 Å². The van der Waals surface area contributed by atoms with Gasteiger partial charge in [-0.3, -0.25) is 23.7 Å². The van der Waals surface area contributed by atoms with Gasteiger partial charge in [-0.25, -0.2) is 4.98 Å². The van der Waals surface area contributed by atoms with Crippen LogP contribution in [0.2, 0.25) is 0 Å². The number of pyridine rings is 1. The average Bonchev–Trinajstić information content (AvgIpc) is 3.94. The minimum Gasteiger partial charge on any atom is -0.393 e. The fraction of sp³-hybridized carbons (Fsp3) is 0.368. The molecule has 4 radical (unpaired) electrons. The van der Waals surface area contributed by atoms with Crippen LogP contribution < -0.4 is 32.3 Å². The molecule has 1 unspecified atom stereocenters. The highest BCUT2D eigenvalue weighted by Crippen LogP contribution is 2.49. The number of hydrogen-bond donors (Lipinski definition) is 5. The maximum atomic E-state index is 12.7. The number of aryl methyl sites for hydroxylation is 1. The zero-order valence-electron chi connectivity index (χ0n) is 32.4. The molecule has 4 aromatic rings. The van der Waals surface area contributed by atoms with Gasteiger partial charge in [0.1, 0.15) is 17.2 Å². The van der Waals surface area contributed by atoms with Crippen molar-refractivity contribution in [1.29, 1.82) is 0 Å². The summed E-state index contributed by atoms with van der Waals surface area (Å²) in [6.45, 7) is 5.77. The first-order valence-corrected chi connectivity index (χ1v) is 18.4. The summed E-state index contributed by atoms with van der Waals surface area (Å²) in [7, 11) is 20.4. The van der Waals surface area contributed by atoms with E-state index in [1.165, 1.54) is 49.9 Å². The largest absolute Gasteiger partial charge is 0.393 e. The van der Waals surface area contributed by atoms with E-state index in [0.29, 0.717) is 36.3 Å². The maximum Gasteiger partial charge on any atom is 0.269 e. The number of aromatic nitrogens is 5. The summed E-state index contributed by atoms with van der Waals surface area (Å²) < 4.78 is 3.52. The molecule has 1 atom stereocenters. The van der Waals surface area contributed by atoms with Crippen LogP contribution in [0.1, 0.15) is 64.1 Å². The van der Waals surface area contributed by atoms with Gasteiger partial charge in [-0.2, -0.15) is 10.2 Å². The summed E-state index contributed by atoms with van der Waals surface area (Å²) in [5.41, 5.74) is 17.9. The molecule has 0 aliphatic carbocycles. The number of amides is 2. The Kier molecular flexibility index (Phi) is 11.7. The molecule has 3 aliphatic rings. The molecule has 1 aromatic carbocycles. The Bertz CT molecular complexity index is 2170. The fourth-order valence-corrected chi connectivity index (χ4v) is 7.11. The van der Waals surface area contributed by atoms with Gasteiger partial charge >= 0.3 is 0 Å². The third kappa shape index (κ3) is 8.07. The monoisotopic (exact) mass is 755 g/mol. The molecule has 3 aliphatic heterocycles. The smallest absolute Gasteiger partial charge is 0.269 e. The summed E-state index contributed by atoms with van der Waals surface area (Å²) in [6.07, 6.45) is 9.70. The minimum atomic E-state index is -1.36. The lowest BCUT2D eigenvalue weighted by Crippen LogP contribution is -2.60. The molecule has 6 heterocycles. The quantitative estimate of drug-likeness (QED) is 0.0674. The standard InChI is InChI=1S/C33H36B2N12O3.C5H11N/c1-18-29-23(13-40-47(29)21-15-46(16-21)33(34,35)26-10-5-7-20(17-48)41-26)22-8-6-9-24(30(22)45(18)4)42-25(28(37)32(50)38-2)11-27(36)43-31(49)19-12-39-44(3)14-19;1-6-4-2-3-5-6/h5-14,17-18,21,42H,15-16,36-37H2,1-4H3,(H,38,50)(H,43,49);2-5H2,1H3/b27-11+,28-25+;. The third-order valence-corrected chi connectivity index (χ3v) is 10.4. The van der Waals surface area contributed by atoms with Gasteiger partial charge in [0, 0.05) is 63.3 Å². The normalized spacial score (nSPS) is 17.8. The van der Waals surface area contributed by atoms with E-state index in [1.807, 2.05) is 41.0 Å². The first-order chi connectivity index (χ1) is 26.7. The van der Waals surface area contributed by atoms with Crippen LogP contribution in [0.4, 0.5) is 11.4 Å². The Labute approximate surface area is 329 Å². The van der Waals surface area contributed by atoms with Gasteiger partial charge < -0.3 is 42.1 Å². The molecule has 7 N–H and O–H groups in total. The van der Waals surface area contributed by atoms with Crippen LogP contribution in [0.25, 0.3) is 11.1 Å². The summed E-state index contributed by atoms with van der Waals surface area (Å²) in [5.74, 6) is -1.04. The molecular weight excluding hydrogens is 708 g/mol. The maximum absolute atomic E-state index is 12.7. The number of anilines is 2. The highest BCUT2D eigenvalue weighted by molar-refractivity contribution is 6.39. The Morgan fingerprint density at radius 3 is 2.32 bits per heavy atom. The lowest BCUT2D eigenvalue weighted by Gasteiger charge is -2.50. The van der Waals surface area contributed by atoms with Crippen molar-refractivity contribution in [3.8, 4) is 11.1 Å². The van der Waals surface area contributed by atoms with Gasteiger partial charge in [-0.15, -0.1) is 0 Å². The van der Waals surface area contributed by atoms with E-state index in [2.05, 4.69) is 49.8 Å². The molecule has 3 aromatic heterocycles. The Balaban J connectivity index is 0.000000809. The van der Waals surface area contributed by atoms with Crippen molar-refractivity contribution in [2.24, 2.45) is 18.5 Å². The second kappa shape index (κ2) is 16.5. The van der Waals surface area contributed by atoms with Gasteiger partial charge in [-0.05, 0) is 63.4 Å². The van der Waals surface area contributed by atoms with Crippen molar-refractivity contribution in [3.05, 3.63) is 101 Å². The van der Waals surface area contributed by atoms with Crippen LogP contribution in [0.5, 0.6) is 0 Å². The fourth-order valence-electron chi connectivity index (χ4n) is 7.11. The van der Waals surface area contributed by atoms with Crippen LogP contribution in [-0.2, 0) is 17.2 Å². The lowest BCUT2D eigenvalue weighted by molar-refractivity contribution is -0.117.